The van der Waals surface area contributed by atoms with Crippen molar-refractivity contribution >= 4 is 105 Å². The number of amides is 2. The summed E-state index contributed by atoms with van der Waals surface area (Å²) in [5.74, 6) is -0.555. The maximum absolute atomic E-state index is 14.1. The van der Waals surface area contributed by atoms with Gasteiger partial charge in [-0.1, -0.05) is 24.3 Å². The van der Waals surface area contributed by atoms with Crippen LogP contribution >= 0.6 is 0 Å². The molecule has 4 aliphatic rings. The number of hydrogen-bond acceptors (Lipinski definition) is 6. The average molecular weight is 2200 g/mol. The summed E-state index contributed by atoms with van der Waals surface area (Å²) in [6.45, 7) is 0.374. The molecule has 18 rings (SSSR count). The molecule has 24 heteroatoms. The maximum Gasteiger partial charge on any atom is 0.251 e. The maximum atomic E-state index is 14.1. The Kier molecular flexibility index (Phi) is 26.9. The molecule has 578 valence electrons. The summed E-state index contributed by atoms with van der Waals surface area (Å²) in [6, 6.07) is 57.6. The number of pyridine rings is 6. The van der Waals surface area contributed by atoms with E-state index in [1.807, 2.05) is 168 Å². The van der Waals surface area contributed by atoms with Crippen molar-refractivity contribution in [2.75, 3.05) is 13.1 Å². The van der Waals surface area contributed by atoms with Crippen LogP contribution in [-0.4, -0.2) is 64.8 Å². The Morgan fingerprint density at radius 2 is 0.379 bits per heavy atom. The van der Waals surface area contributed by atoms with Gasteiger partial charge in [0, 0.05) is 186 Å². The van der Waals surface area contributed by atoms with Crippen LogP contribution in [0.4, 0.5) is 0 Å². The molecule has 116 heavy (non-hydrogen) atoms. The molecule has 0 unspecified atom stereocenters. The van der Waals surface area contributed by atoms with Gasteiger partial charge in [-0.3, -0.25) is 9.59 Å². The lowest BCUT2D eigenvalue weighted by Crippen LogP contribution is -3.00. The van der Waals surface area contributed by atoms with Gasteiger partial charge in [-0.2, -0.15) is 0 Å². The lowest BCUT2D eigenvalue weighted by Gasteiger charge is -2.10. The van der Waals surface area contributed by atoms with Gasteiger partial charge in [0.25, 0.3) is 11.8 Å². The summed E-state index contributed by atoms with van der Waals surface area (Å²) in [6.07, 6.45) is 41.3. The third-order valence-corrected chi connectivity index (χ3v) is 20.7. The smallest absolute Gasteiger partial charge is 0.251 e. The molecule has 16 heterocycles. The van der Waals surface area contributed by atoms with Gasteiger partial charge in [0.2, 0.25) is 0 Å². The van der Waals surface area contributed by atoms with Crippen LogP contribution < -0.4 is 182 Å². The standard InChI is InChI=1S/C92H72N16O2.6HI/c1-103-45-31-59(32-46-103)85-71-19-15-67(95-71)83(68-16-20-72(96-68)86(60-33-47-104(2)48-34-60)76-24-28-80(100-76)89(79-27-23-75(85)99-79)63-39-53-107(5)54-40-63)57-7-11-65(12-8-57)91(109)93-43-44-94-92(110)66-13-9-58(10-14-66)84-69-17-21-73(97-69)87(61-35-49-105(3)50-36-61)77-25-29-81(101-77)90(64-41-55-108(6)56-42-64)82-30-26-78(102-82)88(74-22-18-70(84)98-74)62-37-51-106(4)52-38-62;;;;;;/h7-42,45-56H,43-44H2,1-6H3,(H2-2,93,94,95,96,97,98,99,100,101,102,109,110);6*1H/q+2;;;;;;/p-2. The van der Waals surface area contributed by atoms with E-state index < -0.39 is 0 Å². The van der Waals surface area contributed by atoms with E-state index in [0.717, 1.165) is 179 Å². The van der Waals surface area contributed by atoms with Gasteiger partial charge in [-0.25, -0.2) is 47.3 Å². The zero-order chi connectivity index (χ0) is 74.7. The Morgan fingerprint density at radius 3 is 0.534 bits per heavy atom. The molecule has 2 amide bonds. The summed E-state index contributed by atoms with van der Waals surface area (Å²) in [7, 11) is 12.1. The monoisotopic (exact) mass is 2200 g/mol. The third kappa shape index (κ3) is 17.2. The van der Waals surface area contributed by atoms with Gasteiger partial charge >= 0.3 is 0 Å². The summed E-state index contributed by atoms with van der Waals surface area (Å²) < 4.78 is 12.2. The van der Waals surface area contributed by atoms with E-state index in [9.17, 15) is 9.59 Å². The highest BCUT2D eigenvalue weighted by atomic mass is 127. The highest BCUT2D eigenvalue weighted by Crippen LogP contribution is 2.42. The van der Waals surface area contributed by atoms with Crippen LogP contribution in [0.15, 0.2) is 244 Å². The van der Waals surface area contributed by atoms with Crippen LogP contribution in [0.1, 0.15) is 66.3 Å². The number of H-pyrrole nitrogens is 4. The van der Waals surface area contributed by atoms with Gasteiger partial charge in [-0.05, 0) is 166 Å². The average Bonchev–Trinajstić information content (AvgIpc) is 1.61. The number of benzene rings is 2. The number of nitrogens with one attached hydrogen (secondary N) is 6. The van der Waals surface area contributed by atoms with Crippen molar-refractivity contribution in [3.63, 3.8) is 0 Å². The van der Waals surface area contributed by atoms with Crippen molar-refractivity contribution in [1.29, 1.82) is 0 Å². The van der Waals surface area contributed by atoms with Crippen LogP contribution in [0.2, 0.25) is 0 Å². The van der Waals surface area contributed by atoms with E-state index in [-0.39, 0.29) is 169 Å². The number of hydrogen-bond donors (Lipinski definition) is 6. The Hall–Kier alpha value is -10.1. The summed E-state index contributed by atoms with van der Waals surface area (Å²) in [5.41, 5.74) is 29.4. The van der Waals surface area contributed by atoms with Crippen molar-refractivity contribution in [2.24, 2.45) is 42.3 Å². The number of aromatic amines is 4. The first-order valence-electron chi connectivity index (χ1n) is 36.6. The Morgan fingerprint density at radius 1 is 0.233 bits per heavy atom. The van der Waals surface area contributed by atoms with E-state index in [4.69, 9.17) is 19.9 Å². The molecule has 0 atom stereocenters. The number of aryl methyl sites for hydroxylation is 6. The van der Waals surface area contributed by atoms with E-state index in [0.29, 0.717) is 11.1 Å². The predicted octanol–water partition coefficient (Wildman–Crippen LogP) is -3.91. The van der Waals surface area contributed by atoms with Gasteiger partial charge in [0.05, 0.1) is 45.6 Å². The Balaban J connectivity index is 0.00000207. The van der Waals surface area contributed by atoms with Crippen molar-refractivity contribution in [1.82, 2.24) is 50.5 Å². The molecule has 0 spiro atoms. The SMILES string of the molecule is C[n+]1ccc(-c2c3nc(c(-c4cc[n+](C)cc4)c4ccc([nH]4)c(-c4cc[n+](C)cc4)c4nc(c(-c5ccc(C(=O)NCCNC(=O)c6ccc(-c7c8nc(c(-c9cc[n+](C)cc9)c9ccc([nH]9)c(-c9cc[n+](C)cc9)c9nc(c(-c%10cc[n+](C)cc%10)c%10ccc7[nH]%10)C=C9)C=C8)cc6)cc5)c5ccc2[nH]5)C=C4)C=C3)cc1.[I-].[I-].[I-].[I-].[I-].[I-]. The molecule has 12 aromatic heterocycles. The first-order valence-corrected chi connectivity index (χ1v) is 36.6. The minimum atomic E-state index is -0.277. The molecular formula is C92H76I6N16O2. The predicted molar refractivity (Wildman–Crippen MR) is 433 cm³/mol. The molecule has 0 aliphatic carbocycles. The van der Waals surface area contributed by atoms with E-state index in [1.165, 1.54) is 0 Å². The number of carbonyl (C=O) groups is 2. The first-order chi connectivity index (χ1) is 53.7. The molecule has 0 fully saturated rings. The third-order valence-electron chi connectivity index (χ3n) is 20.7. The molecule has 0 radical (unpaired) electrons. The normalized spacial score (nSPS) is 11.5. The van der Waals surface area contributed by atoms with Crippen LogP contribution in [-0.2, 0) is 42.3 Å². The largest absolute Gasteiger partial charge is 1.00 e. The molecular weight excluding hydrogens is 2120 g/mol. The fourth-order valence-corrected chi connectivity index (χ4v) is 15.0. The van der Waals surface area contributed by atoms with Crippen LogP contribution in [0.3, 0.4) is 0 Å². The van der Waals surface area contributed by atoms with E-state index >= 15 is 0 Å². The molecule has 2 aromatic carbocycles. The highest BCUT2D eigenvalue weighted by Gasteiger charge is 2.25. The second-order valence-electron chi connectivity index (χ2n) is 28.2. The first kappa shape index (κ1) is 85.2. The van der Waals surface area contributed by atoms with Gasteiger partial charge < -0.3 is 174 Å². The molecule has 4 aliphatic heterocycles. The van der Waals surface area contributed by atoms with Crippen LogP contribution in [0.25, 0.3) is 182 Å². The second kappa shape index (κ2) is 36.6. The number of carbonyl (C=O) groups excluding carboxylic acids is 2. The van der Waals surface area contributed by atoms with Crippen molar-refractivity contribution in [3.05, 3.63) is 301 Å². The van der Waals surface area contributed by atoms with Crippen LogP contribution in [0, 0.1) is 0 Å². The van der Waals surface area contributed by atoms with Gasteiger partial charge in [0.15, 0.2) is 74.4 Å². The quantitative estimate of drug-likeness (QED) is 0.0388. The zero-order valence-corrected chi connectivity index (χ0v) is 76.6. The summed E-state index contributed by atoms with van der Waals surface area (Å²) in [4.78, 5) is 65.5. The van der Waals surface area contributed by atoms with Crippen molar-refractivity contribution in [2.45, 2.75) is 0 Å². The summed E-state index contributed by atoms with van der Waals surface area (Å²) in [5, 5.41) is 6.10. The Bertz CT molecular complexity index is 6110. The lowest BCUT2D eigenvalue weighted by atomic mass is 10.0. The molecule has 6 N–H and O–H groups in total. The second-order valence-corrected chi connectivity index (χ2v) is 28.2. The number of halogens is 6. The molecule has 14 aromatic rings. The number of fused-ring (bicyclic) bond motifs is 16. The van der Waals surface area contributed by atoms with E-state index in [1.54, 1.807) is 0 Å². The van der Waals surface area contributed by atoms with Crippen molar-refractivity contribution < 1.29 is 181 Å². The van der Waals surface area contributed by atoms with Crippen LogP contribution in [0.5, 0.6) is 0 Å². The van der Waals surface area contributed by atoms with Gasteiger partial charge in [0.1, 0.15) is 42.3 Å². The minimum absolute atomic E-state index is 0. The number of aromatic nitrogens is 14. The zero-order valence-electron chi connectivity index (χ0n) is 63.7. The molecule has 18 nitrogen and oxygen atoms in total. The highest BCUT2D eigenvalue weighted by molar-refractivity contribution is 6.04. The van der Waals surface area contributed by atoms with E-state index in [2.05, 4.69) is 225 Å². The number of rotatable bonds is 13. The minimum Gasteiger partial charge on any atom is -1.00 e. The lowest BCUT2D eigenvalue weighted by molar-refractivity contribution is -0.671. The fourth-order valence-electron chi connectivity index (χ4n) is 15.0. The summed E-state index contributed by atoms with van der Waals surface area (Å²) >= 11 is 0. The topological polar surface area (TPSA) is 196 Å². The van der Waals surface area contributed by atoms with Crippen molar-refractivity contribution in [3.8, 4) is 89.0 Å². The molecule has 0 saturated carbocycles. The molecule has 0 saturated heterocycles. The fraction of sp³-hybridized carbons (Fsp3) is 0.0870. The number of nitrogens with zero attached hydrogens (tertiary/aromatic N) is 10. The van der Waals surface area contributed by atoms with Gasteiger partial charge in [-0.15, -0.1) is 0 Å². The molecule has 16 bridgehead atoms. The Labute approximate surface area is 772 Å².